The Kier molecular flexibility index (Phi) is 6.09. The first-order valence-electron chi connectivity index (χ1n) is 6.89. The molecule has 0 unspecified atom stereocenters. The number of hydrogen-bond donors (Lipinski definition) is 1. The lowest BCUT2D eigenvalue weighted by atomic mass is 9.83. The van der Waals surface area contributed by atoms with Gasteiger partial charge in [-0.1, -0.05) is 32.0 Å². The fraction of sp³-hybridized carbons (Fsp3) is 0.438. The summed E-state index contributed by atoms with van der Waals surface area (Å²) >= 11 is 0. The predicted octanol–water partition coefficient (Wildman–Crippen LogP) is 2.56. The lowest BCUT2D eigenvalue weighted by molar-refractivity contribution is -0.149. The average molecular weight is 291 g/mol. The number of carbonyl (C=O) groups is 3. The van der Waals surface area contributed by atoms with Gasteiger partial charge in [-0.25, -0.2) is 0 Å². The number of esters is 1. The van der Waals surface area contributed by atoms with E-state index >= 15 is 0 Å². The van der Waals surface area contributed by atoms with Crippen LogP contribution in [-0.2, 0) is 19.1 Å². The molecule has 0 heterocycles. The predicted molar refractivity (Wildman–Crippen MR) is 79.7 cm³/mol. The minimum atomic E-state index is -0.916. The summed E-state index contributed by atoms with van der Waals surface area (Å²) in [6.45, 7) is 5.27. The number of nitrogens with one attached hydrogen (secondary N) is 1. The Bertz CT molecular complexity index is 508. The molecule has 0 saturated carbocycles. The lowest BCUT2D eigenvalue weighted by Gasteiger charge is -2.21. The van der Waals surface area contributed by atoms with Crippen LogP contribution in [0.1, 0.15) is 33.6 Å². The van der Waals surface area contributed by atoms with Crippen molar-refractivity contribution in [2.75, 3.05) is 11.9 Å². The molecule has 0 aliphatic carbocycles. The van der Waals surface area contributed by atoms with Crippen molar-refractivity contribution in [3.8, 4) is 0 Å². The summed E-state index contributed by atoms with van der Waals surface area (Å²) in [6, 6.07) is 8.91. The van der Waals surface area contributed by atoms with E-state index < -0.39 is 11.4 Å². The zero-order chi connectivity index (χ0) is 15.9. The molecule has 1 rings (SSSR count). The topological polar surface area (TPSA) is 72.5 Å². The van der Waals surface area contributed by atoms with Gasteiger partial charge in [-0.3, -0.25) is 14.4 Å². The molecule has 0 aliphatic rings. The molecule has 0 spiro atoms. The minimum absolute atomic E-state index is 0.0295. The third-order valence-electron chi connectivity index (χ3n) is 3.03. The van der Waals surface area contributed by atoms with Crippen molar-refractivity contribution >= 4 is 23.3 Å². The SMILES string of the molecule is CCOC(=O)CC(C)(C)C(=O)CC(=O)Nc1ccccc1. The van der Waals surface area contributed by atoms with E-state index in [1.165, 1.54) is 0 Å². The van der Waals surface area contributed by atoms with Crippen LogP contribution in [0.15, 0.2) is 30.3 Å². The summed E-state index contributed by atoms with van der Waals surface area (Å²) in [6.07, 6.45) is -0.292. The van der Waals surface area contributed by atoms with Crippen LogP contribution >= 0.6 is 0 Å². The van der Waals surface area contributed by atoms with Crippen LogP contribution in [-0.4, -0.2) is 24.3 Å². The van der Waals surface area contributed by atoms with E-state index in [4.69, 9.17) is 4.74 Å². The number of anilines is 1. The maximum atomic E-state index is 12.1. The van der Waals surface area contributed by atoms with Crippen molar-refractivity contribution in [1.82, 2.24) is 0 Å². The first kappa shape index (κ1) is 16.9. The number of hydrogen-bond acceptors (Lipinski definition) is 4. The number of Topliss-reactive ketones (excluding diaryl/α,β-unsaturated/α-hetero) is 1. The molecule has 0 aromatic heterocycles. The molecule has 21 heavy (non-hydrogen) atoms. The molecule has 1 aromatic carbocycles. The first-order valence-corrected chi connectivity index (χ1v) is 6.89. The highest BCUT2D eigenvalue weighted by molar-refractivity contribution is 6.06. The molecule has 1 amide bonds. The highest BCUT2D eigenvalue weighted by atomic mass is 16.5. The molecular formula is C16H21NO4. The van der Waals surface area contributed by atoms with Crippen LogP contribution in [0.5, 0.6) is 0 Å². The maximum Gasteiger partial charge on any atom is 0.306 e. The van der Waals surface area contributed by atoms with Gasteiger partial charge in [0.2, 0.25) is 5.91 Å². The van der Waals surface area contributed by atoms with E-state index in [2.05, 4.69) is 5.32 Å². The number of ketones is 1. The molecule has 5 nitrogen and oxygen atoms in total. The van der Waals surface area contributed by atoms with Crippen molar-refractivity contribution in [2.45, 2.75) is 33.6 Å². The standard InChI is InChI=1S/C16H21NO4/c1-4-21-15(20)11-16(2,3)13(18)10-14(19)17-12-8-6-5-7-9-12/h5-9H,4,10-11H2,1-3H3,(H,17,19). The van der Waals surface area contributed by atoms with Crippen LogP contribution in [0.4, 0.5) is 5.69 Å². The molecule has 0 aliphatic heterocycles. The van der Waals surface area contributed by atoms with Crippen molar-refractivity contribution in [2.24, 2.45) is 5.41 Å². The van der Waals surface area contributed by atoms with E-state index in [1.54, 1.807) is 45.0 Å². The second-order valence-corrected chi connectivity index (χ2v) is 5.38. The van der Waals surface area contributed by atoms with E-state index in [1.807, 2.05) is 6.07 Å². The van der Waals surface area contributed by atoms with E-state index in [0.717, 1.165) is 0 Å². The van der Waals surface area contributed by atoms with E-state index in [-0.39, 0.29) is 31.1 Å². The molecule has 1 aromatic rings. The molecule has 0 radical (unpaired) electrons. The number of para-hydroxylation sites is 1. The number of amides is 1. The molecule has 0 bridgehead atoms. The monoisotopic (exact) mass is 291 g/mol. The summed E-state index contributed by atoms with van der Waals surface area (Å²) in [5.41, 5.74) is -0.279. The molecule has 0 atom stereocenters. The summed E-state index contributed by atoms with van der Waals surface area (Å²) in [4.78, 5) is 35.4. The van der Waals surface area contributed by atoms with Crippen LogP contribution in [0.25, 0.3) is 0 Å². The maximum absolute atomic E-state index is 12.1. The van der Waals surface area contributed by atoms with Crippen molar-refractivity contribution in [3.05, 3.63) is 30.3 Å². The normalized spacial score (nSPS) is 10.8. The van der Waals surface area contributed by atoms with Crippen molar-refractivity contribution in [3.63, 3.8) is 0 Å². The lowest BCUT2D eigenvalue weighted by Crippen LogP contribution is -2.31. The third kappa shape index (κ3) is 5.77. The second kappa shape index (κ2) is 7.57. The van der Waals surface area contributed by atoms with Gasteiger partial charge in [0.1, 0.15) is 5.78 Å². The summed E-state index contributed by atoms with van der Waals surface area (Å²) in [5.74, 6) is -1.11. The Labute approximate surface area is 124 Å². The zero-order valence-corrected chi connectivity index (χ0v) is 12.6. The molecule has 0 saturated heterocycles. The number of rotatable bonds is 7. The fourth-order valence-corrected chi connectivity index (χ4v) is 1.78. The van der Waals surface area contributed by atoms with Gasteiger partial charge in [0.25, 0.3) is 0 Å². The zero-order valence-electron chi connectivity index (χ0n) is 12.6. The Balaban J connectivity index is 2.54. The van der Waals surface area contributed by atoms with Gasteiger partial charge in [0.05, 0.1) is 19.4 Å². The average Bonchev–Trinajstić information content (AvgIpc) is 2.39. The Morgan fingerprint density at radius 2 is 1.76 bits per heavy atom. The fourth-order valence-electron chi connectivity index (χ4n) is 1.78. The first-order chi connectivity index (χ1) is 9.85. The van der Waals surface area contributed by atoms with Gasteiger partial charge >= 0.3 is 5.97 Å². The summed E-state index contributed by atoms with van der Waals surface area (Å²) in [7, 11) is 0. The van der Waals surface area contributed by atoms with Crippen LogP contribution in [0, 0.1) is 5.41 Å². The minimum Gasteiger partial charge on any atom is -0.466 e. The number of benzene rings is 1. The van der Waals surface area contributed by atoms with Gasteiger partial charge in [0.15, 0.2) is 0 Å². The van der Waals surface area contributed by atoms with Crippen molar-refractivity contribution in [1.29, 1.82) is 0 Å². The Morgan fingerprint density at radius 3 is 2.33 bits per heavy atom. The van der Waals surface area contributed by atoms with Crippen molar-refractivity contribution < 1.29 is 19.1 Å². The summed E-state index contributed by atoms with van der Waals surface area (Å²) in [5, 5.41) is 2.65. The third-order valence-corrected chi connectivity index (χ3v) is 3.03. The highest BCUT2D eigenvalue weighted by Crippen LogP contribution is 2.24. The Morgan fingerprint density at radius 1 is 1.14 bits per heavy atom. The smallest absolute Gasteiger partial charge is 0.306 e. The number of carbonyl (C=O) groups excluding carboxylic acids is 3. The van der Waals surface area contributed by atoms with Crippen LogP contribution < -0.4 is 5.32 Å². The second-order valence-electron chi connectivity index (χ2n) is 5.38. The molecule has 5 heteroatoms. The Hall–Kier alpha value is -2.17. The van der Waals surface area contributed by atoms with Gasteiger partial charge in [0, 0.05) is 11.1 Å². The number of ether oxygens (including phenoxy) is 1. The van der Waals surface area contributed by atoms with Crippen LogP contribution in [0.2, 0.25) is 0 Å². The molecular weight excluding hydrogens is 270 g/mol. The van der Waals surface area contributed by atoms with E-state index in [9.17, 15) is 14.4 Å². The van der Waals surface area contributed by atoms with Gasteiger partial charge < -0.3 is 10.1 Å². The van der Waals surface area contributed by atoms with Crippen LogP contribution in [0.3, 0.4) is 0 Å². The quantitative estimate of drug-likeness (QED) is 0.619. The molecule has 1 N–H and O–H groups in total. The van der Waals surface area contributed by atoms with Gasteiger partial charge in [-0.2, -0.15) is 0 Å². The van der Waals surface area contributed by atoms with Gasteiger partial charge in [-0.15, -0.1) is 0 Å². The van der Waals surface area contributed by atoms with E-state index in [0.29, 0.717) is 5.69 Å². The molecule has 114 valence electrons. The highest BCUT2D eigenvalue weighted by Gasteiger charge is 2.32. The largest absolute Gasteiger partial charge is 0.466 e. The van der Waals surface area contributed by atoms with Gasteiger partial charge in [-0.05, 0) is 19.1 Å². The molecule has 0 fully saturated rings. The summed E-state index contributed by atoms with van der Waals surface area (Å²) < 4.78 is 4.84.